The summed E-state index contributed by atoms with van der Waals surface area (Å²) in [7, 11) is 3.50. The first-order chi connectivity index (χ1) is 6.27. The lowest BCUT2D eigenvalue weighted by Crippen LogP contribution is -2.18. The Balaban J connectivity index is 2.73. The minimum Gasteiger partial charge on any atom is -0.497 e. The molecule has 0 radical (unpaired) electrons. The van der Waals surface area contributed by atoms with E-state index in [4.69, 9.17) is 4.74 Å². The van der Waals surface area contributed by atoms with Gasteiger partial charge in [0.1, 0.15) is 12.0 Å². The smallest absolute Gasteiger partial charge is 0.139 e. The summed E-state index contributed by atoms with van der Waals surface area (Å²) in [5, 5.41) is 0. The standard InChI is InChI=1S/C10H13NO2/c1-11(7-8-12)9-3-5-10(13-2)6-4-9/h3-6,8H,7H2,1-2H3. The first-order valence-electron chi connectivity index (χ1n) is 4.06. The molecule has 13 heavy (non-hydrogen) atoms. The molecule has 0 aliphatic carbocycles. The fourth-order valence-corrected chi connectivity index (χ4v) is 1.05. The van der Waals surface area contributed by atoms with Crippen molar-refractivity contribution in [3.05, 3.63) is 24.3 Å². The first-order valence-corrected chi connectivity index (χ1v) is 4.06. The Hall–Kier alpha value is -1.51. The molecule has 0 aliphatic rings. The van der Waals surface area contributed by atoms with Gasteiger partial charge in [-0.15, -0.1) is 0 Å². The Morgan fingerprint density at radius 3 is 2.46 bits per heavy atom. The van der Waals surface area contributed by atoms with Crippen LogP contribution in [0.3, 0.4) is 0 Å². The van der Waals surface area contributed by atoms with Gasteiger partial charge in [0.15, 0.2) is 0 Å². The molecule has 70 valence electrons. The van der Waals surface area contributed by atoms with Crippen LogP contribution < -0.4 is 9.64 Å². The lowest BCUT2D eigenvalue weighted by molar-refractivity contribution is -0.106. The maximum Gasteiger partial charge on any atom is 0.139 e. The van der Waals surface area contributed by atoms with Crippen molar-refractivity contribution in [2.24, 2.45) is 0 Å². The Morgan fingerprint density at radius 1 is 1.38 bits per heavy atom. The monoisotopic (exact) mass is 179 g/mol. The number of likely N-dealkylation sites (N-methyl/N-ethyl adjacent to an activating group) is 1. The minimum atomic E-state index is 0.409. The van der Waals surface area contributed by atoms with E-state index in [0.29, 0.717) is 6.54 Å². The summed E-state index contributed by atoms with van der Waals surface area (Å²) < 4.78 is 5.02. The SMILES string of the molecule is COc1ccc(N(C)CC=O)cc1. The second-order valence-corrected chi connectivity index (χ2v) is 2.75. The number of carbonyl (C=O) groups is 1. The Kier molecular flexibility index (Phi) is 3.31. The van der Waals surface area contributed by atoms with Crippen molar-refractivity contribution in [3.8, 4) is 5.75 Å². The third kappa shape index (κ3) is 2.47. The molecule has 0 aliphatic heterocycles. The van der Waals surface area contributed by atoms with Crippen LogP contribution in [0.1, 0.15) is 0 Å². The fourth-order valence-electron chi connectivity index (χ4n) is 1.05. The van der Waals surface area contributed by atoms with Gasteiger partial charge in [-0.1, -0.05) is 0 Å². The zero-order chi connectivity index (χ0) is 9.68. The van der Waals surface area contributed by atoms with Gasteiger partial charge in [0.05, 0.1) is 13.7 Å². The van der Waals surface area contributed by atoms with Gasteiger partial charge in [-0.25, -0.2) is 0 Å². The van der Waals surface area contributed by atoms with Crippen LogP contribution in [0.15, 0.2) is 24.3 Å². The second kappa shape index (κ2) is 4.50. The molecule has 0 aromatic heterocycles. The quantitative estimate of drug-likeness (QED) is 0.653. The number of carbonyl (C=O) groups excluding carboxylic acids is 1. The first kappa shape index (κ1) is 9.58. The maximum atomic E-state index is 10.2. The maximum absolute atomic E-state index is 10.2. The average molecular weight is 179 g/mol. The second-order valence-electron chi connectivity index (χ2n) is 2.75. The molecule has 0 unspecified atom stereocenters. The lowest BCUT2D eigenvalue weighted by atomic mass is 10.3. The molecule has 0 fully saturated rings. The Morgan fingerprint density at radius 2 is 2.00 bits per heavy atom. The Bertz CT molecular complexity index is 269. The molecule has 1 aromatic rings. The molecule has 0 amide bonds. The van der Waals surface area contributed by atoms with Crippen molar-refractivity contribution in [1.82, 2.24) is 0 Å². The van der Waals surface area contributed by atoms with E-state index >= 15 is 0 Å². The van der Waals surface area contributed by atoms with Crippen LogP contribution in [-0.2, 0) is 4.79 Å². The lowest BCUT2D eigenvalue weighted by Gasteiger charge is -2.15. The topological polar surface area (TPSA) is 29.5 Å². The molecule has 0 N–H and O–H groups in total. The van der Waals surface area contributed by atoms with E-state index < -0.39 is 0 Å². The minimum absolute atomic E-state index is 0.409. The molecular weight excluding hydrogens is 166 g/mol. The van der Waals surface area contributed by atoms with Crippen LogP contribution in [-0.4, -0.2) is 27.0 Å². The predicted molar refractivity (Wildman–Crippen MR) is 52.3 cm³/mol. The highest BCUT2D eigenvalue weighted by Gasteiger charge is 1.98. The van der Waals surface area contributed by atoms with E-state index in [1.165, 1.54) is 0 Å². The van der Waals surface area contributed by atoms with E-state index in [2.05, 4.69) is 0 Å². The van der Waals surface area contributed by atoms with Gasteiger partial charge in [-0.2, -0.15) is 0 Å². The van der Waals surface area contributed by atoms with Crippen LogP contribution in [0.2, 0.25) is 0 Å². The van der Waals surface area contributed by atoms with Crippen LogP contribution in [0.25, 0.3) is 0 Å². The van der Waals surface area contributed by atoms with Crippen molar-refractivity contribution in [2.45, 2.75) is 0 Å². The number of aldehydes is 1. The zero-order valence-electron chi connectivity index (χ0n) is 7.86. The van der Waals surface area contributed by atoms with Gasteiger partial charge in [-0.05, 0) is 24.3 Å². The molecule has 0 atom stereocenters. The molecule has 0 spiro atoms. The van der Waals surface area contributed by atoms with Crippen LogP contribution in [0, 0.1) is 0 Å². The van der Waals surface area contributed by atoms with Crippen LogP contribution in [0.5, 0.6) is 5.75 Å². The van der Waals surface area contributed by atoms with E-state index in [9.17, 15) is 4.79 Å². The largest absolute Gasteiger partial charge is 0.497 e. The third-order valence-corrected chi connectivity index (χ3v) is 1.86. The summed E-state index contributed by atoms with van der Waals surface area (Å²) >= 11 is 0. The van der Waals surface area contributed by atoms with Gasteiger partial charge in [0.25, 0.3) is 0 Å². The zero-order valence-corrected chi connectivity index (χ0v) is 7.86. The van der Waals surface area contributed by atoms with Crippen molar-refractivity contribution in [1.29, 1.82) is 0 Å². The molecule has 3 nitrogen and oxygen atoms in total. The summed E-state index contributed by atoms with van der Waals surface area (Å²) in [6.07, 6.45) is 0.879. The van der Waals surface area contributed by atoms with Gasteiger partial charge in [0, 0.05) is 12.7 Å². The number of methoxy groups -OCH3 is 1. The Labute approximate surface area is 77.9 Å². The van der Waals surface area contributed by atoms with E-state index in [0.717, 1.165) is 17.7 Å². The van der Waals surface area contributed by atoms with Gasteiger partial charge in [0.2, 0.25) is 0 Å². The number of hydrogen-bond acceptors (Lipinski definition) is 3. The summed E-state index contributed by atoms with van der Waals surface area (Å²) in [5.74, 6) is 0.822. The molecular formula is C10H13NO2. The average Bonchev–Trinajstić information content (AvgIpc) is 2.18. The van der Waals surface area contributed by atoms with E-state index in [1.807, 2.05) is 36.2 Å². The number of nitrogens with zero attached hydrogens (tertiary/aromatic N) is 1. The van der Waals surface area contributed by atoms with Crippen LogP contribution in [0.4, 0.5) is 5.69 Å². The molecule has 0 saturated heterocycles. The van der Waals surface area contributed by atoms with Gasteiger partial charge >= 0.3 is 0 Å². The van der Waals surface area contributed by atoms with Crippen molar-refractivity contribution < 1.29 is 9.53 Å². The van der Waals surface area contributed by atoms with E-state index in [1.54, 1.807) is 7.11 Å². The van der Waals surface area contributed by atoms with Crippen LogP contribution >= 0.6 is 0 Å². The molecule has 0 saturated carbocycles. The summed E-state index contributed by atoms with van der Waals surface area (Å²) in [6.45, 7) is 0.409. The molecule has 0 bridgehead atoms. The molecule has 3 heteroatoms. The summed E-state index contributed by atoms with van der Waals surface area (Å²) in [5.41, 5.74) is 1.01. The summed E-state index contributed by atoms with van der Waals surface area (Å²) in [4.78, 5) is 12.1. The fraction of sp³-hybridized carbons (Fsp3) is 0.300. The highest BCUT2D eigenvalue weighted by molar-refractivity contribution is 5.61. The third-order valence-electron chi connectivity index (χ3n) is 1.86. The molecule has 1 rings (SSSR count). The number of rotatable bonds is 4. The predicted octanol–water partition coefficient (Wildman–Crippen LogP) is 1.33. The van der Waals surface area contributed by atoms with Gasteiger partial charge in [-0.3, -0.25) is 0 Å². The highest BCUT2D eigenvalue weighted by atomic mass is 16.5. The van der Waals surface area contributed by atoms with Gasteiger partial charge < -0.3 is 14.4 Å². The highest BCUT2D eigenvalue weighted by Crippen LogP contribution is 2.17. The van der Waals surface area contributed by atoms with Crippen molar-refractivity contribution >= 4 is 12.0 Å². The normalized spacial score (nSPS) is 9.38. The summed E-state index contributed by atoms with van der Waals surface area (Å²) in [6, 6.07) is 7.58. The number of benzene rings is 1. The number of ether oxygens (including phenoxy) is 1. The van der Waals surface area contributed by atoms with E-state index in [-0.39, 0.29) is 0 Å². The van der Waals surface area contributed by atoms with Crippen molar-refractivity contribution in [3.63, 3.8) is 0 Å². The number of anilines is 1. The molecule has 0 heterocycles. The number of hydrogen-bond donors (Lipinski definition) is 0. The molecule has 1 aromatic carbocycles. The van der Waals surface area contributed by atoms with Crippen molar-refractivity contribution in [2.75, 3.05) is 25.6 Å².